The molecule has 3 heterocycles. The third-order valence-corrected chi connectivity index (χ3v) is 4.54. The van der Waals surface area contributed by atoms with Gasteiger partial charge in [-0.15, -0.1) is 10.2 Å². The van der Waals surface area contributed by atoms with Gasteiger partial charge in [-0.05, 0) is 0 Å². The third-order valence-electron chi connectivity index (χ3n) is 3.51. The van der Waals surface area contributed by atoms with Crippen LogP contribution in [0.25, 0.3) is 11.5 Å². The summed E-state index contributed by atoms with van der Waals surface area (Å²) in [5.74, 6) is 1.78. The highest BCUT2D eigenvalue weighted by atomic mass is 32.2. The summed E-state index contributed by atoms with van der Waals surface area (Å²) in [6, 6.07) is 0. The number of hydrogen-bond donors (Lipinski definition) is 1. The van der Waals surface area contributed by atoms with Crippen molar-refractivity contribution < 1.29 is 9.64 Å². The molecule has 0 spiro atoms. The highest BCUT2D eigenvalue weighted by Gasteiger charge is 2.15. The van der Waals surface area contributed by atoms with Crippen molar-refractivity contribution in [1.82, 2.24) is 24.7 Å². The maximum absolute atomic E-state index is 5.37. The van der Waals surface area contributed by atoms with Crippen molar-refractivity contribution in [3.63, 3.8) is 0 Å². The van der Waals surface area contributed by atoms with E-state index >= 15 is 0 Å². The Labute approximate surface area is 127 Å². The Morgan fingerprint density at radius 2 is 2.14 bits per heavy atom. The van der Waals surface area contributed by atoms with Crippen LogP contribution in [0, 0.1) is 0 Å². The predicted octanol–water partition coefficient (Wildman–Crippen LogP) is -0.721. The number of thioether (sulfide) groups is 1. The minimum absolute atomic E-state index is 0.748. The highest BCUT2D eigenvalue weighted by Crippen LogP contribution is 2.19. The lowest BCUT2D eigenvalue weighted by atomic mass is 10.4. The number of nitrogens with one attached hydrogen (secondary N) is 1. The topological polar surface area (TPSA) is 70.2 Å². The molecule has 1 aliphatic heterocycles. The number of ether oxygens (including phenoxy) is 1. The zero-order valence-corrected chi connectivity index (χ0v) is 12.8. The highest BCUT2D eigenvalue weighted by molar-refractivity contribution is 7.99. The quantitative estimate of drug-likeness (QED) is 0.735. The molecule has 1 aliphatic rings. The van der Waals surface area contributed by atoms with Gasteiger partial charge in [-0.25, -0.2) is 4.98 Å². The van der Waals surface area contributed by atoms with Crippen molar-refractivity contribution in [3.8, 4) is 11.5 Å². The van der Waals surface area contributed by atoms with E-state index in [4.69, 9.17) is 4.74 Å². The third kappa shape index (κ3) is 3.58. The van der Waals surface area contributed by atoms with E-state index in [1.807, 2.05) is 11.6 Å². The molecule has 1 fully saturated rings. The summed E-state index contributed by atoms with van der Waals surface area (Å²) >= 11 is 1.74. The average Bonchev–Trinajstić information content (AvgIpc) is 2.90. The van der Waals surface area contributed by atoms with Crippen LogP contribution < -0.4 is 4.90 Å². The monoisotopic (exact) mass is 307 g/mol. The second-order valence-corrected chi connectivity index (χ2v) is 5.98. The Balaban J connectivity index is 1.58. The average molecular weight is 307 g/mol. The molecule has 0 amide bonds. The molecule has 3 rings (SSSR count). The smallest absolute Gasteiger partial charge is 0.191 e. The van der Waals surface area contributed by atoms with Crippen LogP contribution in [0.4, 0.5) is 0 Å². The molecule has 0 atom stereocenters. The Kier molecular flexibility index (Phi) is 4.79. The van der Waals surface area contributed by atoms with Crippen LogP contribution >= 0.6 is 11.8 Å². The van der Waals surface area contributed by atoms with Gasteiger partial charge in [0.05, 0.1) is 31.7 Å². The van der Waals surface area contributed by atoms with Gasteiger partial charge in [-0.3, -0.25) is 4.98 Å². The molecule has 0 aromatic carbocycles. The van der Waals surface area contributed by atoms with E-state index in [0.29, 0.717) is 0 Å². The normalized spacial score (nSPS) is 16.2. The Hall–Kier alpha value is -1.51. The molecule has 2 aromatic heterocycles. The zero-order chi connectivity index (χ0) is 14.5. The standard InChI is InChI=1S/C13H18N6OS/c1-18-12(11-10-14-2-3-15-11)16-17-13(18)21-9-6-19-4-7-20-8-5-19/h2-3,10H,4-9H2,1H3/p+1. The van der Waals surface area contributed by atoms with Gasteiger partial charge < -0.3 is 14.2 Å². The minimum Gasteiger partial charge on any atom is -0.370 e. The lowest BCUT2D eigenvalue weighted by Gasteiger charge is -2.23. The largest absolute Gasteiger partial charge is 0.370 e. The SMILES string of the molecule is Cn1c(SCC[NH+]2CCOCC2)nnc1-c1cnccn1. The van der Waals surface area contributed by atoms with Crippen LogP contribution in [0.5, 0.6) is 0 Å². The summed E-state index contributed by atoms with van der Waals surface area (Å²) < 4.78 is 7.34. The van der Waals surface area contributed by atoms with Gasteiger partial charge in [-0.2, -0.15) is 0 Å². The molecule has 2 aromatic rings. The fourth-order valence-corrected chi connectivity index (χ4v) is 3.23. The van der Waals surface area contributed by atoms with E-state index in [1.165, 1.54) is 0 Å². The van der Waals surface area contributed by atoms with Crippen molar-refractivity contribution in [3.05, 3.63) is 18.6 Å². The van der Waals surface area contributed by atoms with Crippen LogP contribution in [0.15, 0.2) is 23.7 Å². The Bertz CT molecular complexity index is 569. The molecule has 0 radical (unpaired) electrons. The number of quaternary nitrogens is 1. The Morgan fingerprint density at radius 1 is 1.29 bits per heavy atom. The number of nitrogens with zero attached hydrogens (tertiary/aromatic N) is 5. The molecule has 0 aliphatic carbocycles. The van der Waals surface area contributed by atoms with Crippen LogP contribution in [-0.2, 0) is 11.8 Å². The maximum Gasteiger partial charge on any atom is 0.191 e. The second kappa shape index (κ2) is 6.97. The molecule has 1 N–H and O–H groups in total. The van der Waals surface area contributed by atoms with Crippen LogP contribution in [0.1, 0.15) is 0 Å². The summed E-state index contributed by atoms with van der Waals surface area (Å²) in [7, 11) is 1.97. The van der Waals surface area contributed by atoms with Gasteiger partial charge >= 0.3 is 0 Å². The van der Waals surface area contributed by atoms with Crippen molar-refractivity contribution in [1.29, 1.82) is 0 Å². The van der Waals surface area contributed by atoms with Crippen LogP contribution in [-0.4, -0.2) is 63.3 Å². The molecule has 1 saturated heterocycles. The lowest BCUT2D eigenvalue weighted by molar-refractivity contribution is -0.905. The summed E-state index contributed by atoms with van der Waals surface area (Å²) in [5, 5.41) is 9.38. The molecule has 0 bridgehead atoms. The van der Waals surface area contributed by atoms with E-state index < -0.39 is 0 Å². The van der Waals surface area contributed by atoms with Gasteiger partial charge in [0, 0.05) is 19.4 Å². The van der Waals surface area contributed by atoms with Crippen molar-refractivity contribution in [2.75, 3.05) is 38.6 Å². The van der Waals surface area contributed by atoms with Crippen molar-refractivity contribution in [2.24, 2.45) is 7.05 Å². The lowest BCUT2D eigenvalue weighted by Crippen LogP contribution is -3.14. The number of aromatic nitrogens is 5. The molecule has 0 saturated carbocycles. The van der Waals surface area contributed by atoms with Crippen LogP contribution in [0.3, 0.4) is 0 Å². The second-order valence-electron chi connectivity index (χ2n) is 4.92. The summed E-state index contributed by atoms with van der Waals surface area (Å²) in [5.41, 5.74) is 0.748. The van der Waals surface area contributed by atoms with Crippen molar-refractivity contribution >= 4 is 11.8 Å². The van der Waals surface area contributed by atoms with Gasteiger partial charge in [-0.1, -0.05) is 11.8 Å². The molecule has 8 heteroatoms. The first-order chi connectivity index (χ1) is 10.3. The number of morpholine rings is 1. The van der Waals surface area contributed by atoms with E-state index in [2.05, 4.69) is 20.2 Å². The van der Waals surface area contributed by atoms with E-state index in [9.17, 15) is 0 Å². The minimum atomic E-state index is 0.748. The van der Waals surface area contributed by atoms with Crippen molar-refractivity contribution in [2.45, 2.75) is 5.16 Å². The maximum atomic E-state index is 5.37. The molecule has 21 heavy (non-hydrogen) atoms. The summed E-state index contributed by atoms with van der Waals surface area (Å²) in [6.07, 6.45) is 5.02. The zero-order valence-electron chi connectivity index (χ0n) is 12.0. The molecular formula is C13H19N6OS+. The summed E-state index contributed by atoms with van der Waals surface area (Å²) in [6.45, 7) is 5.08. The van der Waals surface area contributed by atoms with Gasteiger partial charge in [0.25, 0.3) is 0 Å². The Morgan fingerprint density at radius 3 is 2.90 bits per heavy atom. The first-order valence-electron chi connectivity index (χ1n) is 7.04. The summed E-state index contributed by atoms with van der Waals surface area (Å²) in [4.78, 5) is 9.93. The fourth-order valence-electron chi connectivity index (χ4n) is 2.27. The molecule has 7 nitrogen and oxygen atoms in total. The number of hydrogen-bond acceptors (Lipinski definition) is 6. The first-order valence-corrected chi connectivity index (χ1v) is 8.03. The van der Waals surface area contributed by atoms with E-state index in [0.717, 1.165) is 55.3 Å². The molecular weight excluding hydrogens is 288 g/mol. The van der Waals surface area contributed by atoms with Gasteiger partial charge in [0.2, 0.25) is 0 Å². The molecule has 112 valence electrons. The van der Waals surface area contributed by atoms with Gasteiger partial charge in [0.15, 0.2) is 11.0 Å². The van der Waals surface area contributed by atoms with E-state index in [1.54, 1.807) is 35.3 Å². The predicted molar refractivity (Wildman–Crippen MR) is 79.1 cm³/mol. The fraction of sp³-hybridized carbons (Fsp3) is 0.538. The number of rotatable bonds is 5. The van der Waals surface area contributed by atoms with E-state index in [-0.39, 0.29) is 0 Å². The van der Waals surface area contributed by atoms with Gasteiger partial charge in [0.1, 0.15) is 18.8 Å². The first kappa shape index (κ1) is 14.4. The molecule has 0 unspecified atom stereocenters. The van der Waals surface area contributed by atoms with Crippen LogP contribution in [0.2, 0.25) is 0 Å².